The summed E-state index contributed by atoms with van der Waals surface area (Å²) < 4.78 is 5.27. The Morgan fingerprint density at radius 2 is 1.90 bits per heavy atom. The normalized spacial score (nSPS) is 11.2. The van der Waals surface area contributed by atoms with E-state index in [0.29, 0.717) is 11.3 Å². The van der Waals surface area contributed by atoms with E-state index in [9.17, 15) is 9.59 Å². The van der Waals surface area contributed by atoms with Gasteiger partial charge < -0.3 is 9.72 Å². The number of aromatic amines is 1. The molecule has 0 spiro atoms. The summed E-state index contributed by atoms with van der Waals surface area (Å²) in [6.45, 7) is 5.36. The predicted molar refractivity (Wildman–Crippen MR) is 79.8 cm³/mol. The van der Waals surface area contributed by atoms with Gasteiger partial charge in [0.2, 0.25) is 0 Å². The van der Waals surface area contributed by atoms with Gasteiger partial charge in [-0.05, 0) is 20.8 Å². The molecule has 0 aliphatic carbocycles. The van der Waals surface area contributed by atoms with Gasteiger partial charge in [-0.2, -0.15) is 0 Å². The quantitative estimate of drug-likeness (QED) is 0.879. The Morgan fingerprint density at radius 3 is 2.52 bits per heavy atom. The molecule has 1 heterocycles. The number of H-pyrrole nitrogens is 1. The molecule has 0 aliphatic heterocycles. The number of benzene rings is 1. The van der Waals surface area contributed by atoms with Crippen LogP contribution in [0.3, 0.4) is 0 Å². The smallest absolute Gasteiger partial charge is 0.311 e. The Bertz CT molecular complexity index is 685. The van der Waals surface area contributed by atoms with Crippen LogP contribution in [0.1, 0.15) is 26.3 Å². The van der Waals surface area contributed by atoms with E-state index in [1.807, 2.05) is 30.3 Å². The molecular formula is C16H18N2O3. The van der Waals surface area contributed by atoms with Crippen molar-refractivity contribution in [1.82, 2.24) is 9.97 Å². The van der Waals surface area contributed by atoms with Gasteiger partial charge >= 0.3 is 5.97 Å². The summed E-state index contributed by atoms with van der Waals surface area (Å²) in [5, 5.41) is 0. The molecule has 0 bridgehead atoms. The van der Waals surface area contributed by atoms with E-state index < -0.39 is 11.6 Å². The molecule has 1 aromatic carbocycles. The first-order chi connectivity index (χ1) is 9.87. The summed E-state index contributed by atoms with van der Waals surface area (Å²) in [6.07, 6.45) is 1.23. The van der Waals surface area contributed by atoms with Crippen LogP contribution in [0.4, 0.5) is 0 Å². The van der Waals surface area contributed by atoms with Crippen molar-refractivity contribution >= 4 is 5.97 Å². The number of nitrogens with one attached hydrogen (secondary N) is 1. The van der Waals surface area contributed by atoms with Crippen molar-refractivity contribution in [3.8, 4) is 11.3 Å². The van der Waals surface area contributed by atoms with Gasteiger partial charge in [-0.15, -0.1) is 0 Å². The molecule has 0 fully saturated rings. The van der Waals surface area contributed by atoms with Crippen LogP contribution < -0.4 is 5.56 Å². The Hall–Kier alpha value is -2.43. The molecule has 0 aliphatic rings. The lowest BCUT2D eigenvalue weighted by atomic mass is 10.0. The summed E-state index contributed by atoms with van der Waals surface area (Å²) >= 11 is 0. The summed E-state index contributed by atoms with van der Waals surface area (Å²) in [7, 11) is 0. The van der Waals surface area contributed by atoms with Gasteiger partial charge in [0.15, 0.2) is 0 Å². The third kappa shape index (κ3) is 4.02. The van der Waals surface area contributed by atoms with E-state index in [1.54, 1.807) is 20.8 Å². The highest BCUT2D eigenvalue weighted by atomic mass is 16.6. The Morgan fingerprint density at radius 1 is 1.24 bits per heavy atom. The molecule has 1 N–H and O–H groups in total. The first-order valence-corrected chi connectivity index (χ1v) is 6.70. The van der Waals surface area contributed by atoms with Crippen LogP contribution in [-0.4, -0.2) is 21.5 Å². The average molecular weight is 286 g/mol. The lowest BCUT2D eigenvalue weighted by molar-refractivity contribution is -0.153. The monoisotopic (exact) mass is 286 g/mol. The summed E-state index contributed by atoms with van der Waals surface area (Å²) in [6, 6.07) is 9.29. The van der Waals surface area contributed by atoms with Crippen molar-refractivity contribution in [2.24, 2.45) is 0 Å². The number of hydrogen-bond acceptors (Lipinski definition) is 4. The van der Waals surface area contributed by atoms with E-state index in [4.69, 9.17) is 4.74 Å². The van der Waals surface area contributed by atoms with Crippen LogP contribution in [0.5, 0.6) is 0 Å². The SMILES string of the molecule is CC(C)(C)OC(=O)Cc1c(-c2ccccc2)nc[nH]c1=O. The minimum atomic E-state index is -0.584. The molecule has 0 saturated heterocycles. The molecule has 5 heteroatoms. The molecule has 0 unspecified atom stereocenters. The molecule has 2 rings (SSSR count). The fourth-order valence-corrected chi connectivity index (χ4v) is 1.96. The number of rotatable bonds is 3. The van der Waals surface area contributed by atoms with Crippen LogP contribution in [0.2, 0.25) is 0 Å². The van der Waals surface area contributed by atoms with Crippen molar-refractivity contribution in [3.63, 3.8) is 0 Å². The van der Waals surface area contributed by atoms with Crippen molar-refractivity contribution in [3.05, 3.63) is 52.6 Å². The minimum absolute atomic E-state index is 0.106. The van der Waals surface area contributed by atoms with E-state index in [-0.39, 0.29) is 12.0 Å². The molecular weight excluding hydrogens is 268 g/mol. The number of esters is 1. The number of ether oxygens (including phenoxy) is 1. The van der Waals surface area contributed by atoms with Crippen LogP contribution in [-0.2, 0) is 16.0 Å². The van der Waals surface area contributed by atoms with Gasteiger partial charge in [-0.3, -0.25) is 9.59 Å². The van der Waals surface area contributed by atoms with Gasteiger partial charge in [-0.1, -0.05) is 30.3 Å². The van der Waals surface area contributed by atoms with Crippen molar-refractivity contribution in [2.75, 3.05) is 0 Å². The number of aromatic nitrogens is 2. The van der Waals surface area contributed by atoms with Gasteiger partial charge in [0.1, 0.15) is 5.60 Å². The lowest BCUT2D eigenvalue weighted by Crippen LogP contribution is -2.27. The molecule has 0 radical (unpaired) electrons. The number of carbonyl (C=O) groups is 1. The Kier molecular flexibility index (Phi) is 4.21. The lowest BCUT2D eigenvalue weighted by Gasteiger charge is -2.19. The molecule has 21 heavy (non-hydrogen) atoms. The topological polar surface area (TPSA) is 72.0 Å². The minimum Gasteiger partial charge on any atom is -0.460 e. The van der Waals surface area contributed by atoms with E-state index in [0.717, 1.165) is 5.56 Å². The molecule has 1 aromatic heterocycles. The van der Waals surface area contributed by atoms with Gasteiger partial charge in [0.05, 0.1) is 24.0 Å². The second-order valence-corrected chi connectivity index (χ2v) is 5.69. The van der Waals surface area contributed by atoms with Crippen LogP contribution >= 0.6 is 0 Å². The van der Waals surface area contributed by atoms with Crippen molar-refractivity contribution in [1.29, 1.82) is 0 Å². The highest BCUT2D eigenvalue weighted by Crippen LogP contribution is 2.19. The fourth-order valence-electron chi connectivity index (χ4n) is 1.96. The maximum atomic E-state index is 12.0. The average Bonchev–Trinajstić information content (AvgIpc) is 2.40. The standard InChI is InChI=1S/C16H18N2O3/c1-16(2,3)21-13(19)9-12-14(17-10-18-15(12)20)11-7-5-4-6-8-11/h4-8,10H,9H2,1-3H3,(H,17,18,20). The largest absolute Gasteiger partial charge is 0.460 e. The first kappa shape index (κ1) is 15.0. The second kappa shape index (κ2) is 5.91. The zero-order valence-electron chi connectivity index (χ0n) is 12.3. The van der Waals surface area contributed by atoms with E-state index >= 15 is 0 Å². The summed E-state index contributed by atoms with van der Waals surface area (Å²) in [4.78, 5) is 30.7. The van der Waals surface area contributed by atoms with Gasteiger partial charge in [-0.25, -0.2) is 4.98 Å². The zero-order valence-corrected chi connectivity index (χ0v) is 12.3. The second-order valence-electron chi connectivity index (χ2n) is 5.69. The number of carbonyl (C=O) groups excluding carboxylic acids is 1. The summed E-state index contributed by atoms with van der Waals surface area (Å²) in [5.74, 6) is -0.446. The number of hydrogen-bond donors (Lipinski definition) is 1. The number of nitrogens with zero attached hydrogens (tertiary/aromatic N) is 1. The zero-order chi connectivity index (χ0) is 15.5. The van der Waals surface area contributed by atoms with Crippen molar-refractivity contribution in [2.45, 2.75) is 32.8 Å². The van der Waals surface area contributed by atoms with Gasteiger partial charge in [0, 0.05) is 5.56 Å². The highest BCUT2D eigenvalue weighted by Gasteiger charge is 2.20. The molecule has 0 amide bonds. The molecule has 5 nitrogen and oxygen atoms in total. The molecule has 110 valence electrons. The predicted octanol–water partition coefficient (Wildman–Crippen LogP) is 2.32. The molecule has 0 saturated carbocycles. The van der Waals surface area contributed by atoms with E-state index in [1.165, 1.54) is 6.33 Å². The summed E-state index contributed by atoms with van der Waals surface area (Å²) in [5.41, 5.74) is 0.707. The Labute approximate surface area is 123 Å². The highest BCUT2D eigenvalue weighted by molar-refractivity contribution is 5.76. The molecule has 2 aromatic rings. The maximum Gasteiger partial charge on any atom is 0.311 e. The molecule has 0 atom stereocenters. The Balaban J connectivity index is 2.36. The maximum absolute atomic E-state index is 12.0. The van der Waals surface area contributed by atoms with E-state index in [2.05, 4.69) is 9.97 Å². The first-order valence-electron chi connectivity index (χ1n) is 6.70. The van der Waals surface area contributed by atoms with Gasteiger partial charge in [0.25, 0.3) is 5.56 Å². The van der Waals surface area contributed by atoms with Crippen LogP contribution in [0.15, 0.2) is 41.5 Å². The fraction of sp³-hybridized carbons (Fsp3) is 0.312. The third-order valence-corrected chi connectivity index (χ3v) is 2.74. The third-order valence-electron chi connectivity index (χ3n) is 2.74. The van der Waals surface area contributed by atoms with Crippen molar-refractivity contribution < 1.29 is 9.53 Å². The van der Waals surface area contributed by atoms with Crippen LogP contribution in [0, 0.1) is 0 Å². The van der Waals surface area contributed by atoms with Crippen LogP contribution in [0.25, 0.3) is 11.3 Å².